The number of hydrogen-bond donors (Lipinski definition) is 0. The highest BCUT2D eigenvalue weighted by atomic mass is 35.5. The minimum Gasteiger partial charge on any atom is -0.434 e. The molecule has 0 aliphatic carbocycles. The molecule has 0 amide bonds. The standard InChI is InChI=1S/C8H13ClO4/c9-6-13-8(10)12-5-7-1-3-11-4-2-7/h7H,1-6H2. The van der Waals surface area contributed by atoms with Gasteiger partial charge in [-0.25, -0.2) is 4.79 Å². The summed E-state index contributed by atoms with van der Waals surface area (Å²) in [4.78, 5) is 10.7. The van der Waals surface area contributed by atoms with Crippen LogP contribution >= 0.6 is 11.6 Å². The third-order valence-electron chi connectivity index (χ3n) is 1.95. The quantitative estimate of drug-likeness (QED) is 0.524. The number of alkyl halides is 1. The zero-order chi connectivity index (χ0) is 9.52. The Kier molecular flexibility index (Phi) is 4.93. The normalized spacial score (nSPS) is 18.2. The first-order chi connectivity index (χ1) is 6.33. The Morgan fingerprint density at radius 1 is 1.38 bits per heavy atom. The van der Waals surface area contributed by atoms with Crippen LogP contribution in [0.25, 0.3) is 0 Å². The molecule has 13 heavy (non-hydrogen) atoms. The molecular weight excluding hydrogens is 196 g/mol. The maximum absolute atomic E-state index is 10.7. The van der Waals surface area contributed by atoms with Crippen LogP contribution in [0.15, 0.2) is 0 Å². The van der Waals surface area contributed by atoms with Crippen molar-refractivity contribution in [1.82, 2.24) is 0 Å². The van der Waals surface area contributed by atoms with Gasteiger partial charge >= 0.3 is 6.16 Å². The summed E-state index contributed by atoms with van der Waals surface area (Å²) in [5, 5.41) is 0. The topological polar surface area (TPSA) is 44.8 Å². The summed E-state index contributed by atoms with van der Waals surface area (Å²) in [6.07, 6.45) is 1.18. The maximum Gasteiger partial charge on any atom is 0.509 e. The van der Waals surface area contributed by atoms with E-state index in [1.807, 2.05) is 0 Å². The van der Waals surface area contributed by atoms with Crippen molar-refractivity contribution >= 4 is 17.8 Å². The summed E-state index contributed by atoms with van der Waals surface area (Å²) in [5.41, 5.74) is 0. The van der Waals surface area contributed by atoms with Gasteiger partial charge in [-0.15, -0.1) is 0 Å². The number of hydrogen-bond acceptors (Lipinski definition) is 4. The highest BCUT2D eigenvalue weighted by Gasteiger charge is 2.15. The van der Waals surface area contributed by atoms with Crippen LogP contribution in [0.3, 0.4) is 0 Å². The minimum atomic E-state index is -0.693. The van der Waals surface area contributed by atoms with Crippen LogP contribution in [0.1, 0.15) is 12.8 Å². The third-order valence-corrected chi connectivity index (χ3v) is 2.06. The van der Waals surface area contributed by atoms with Crippen LogP contribution in [0.5, 0.6) is 0 Å². The van der Waals surface area contributed by atoms with Gasteiger partial charge in [0.15, 0.2) is 6.07 Å². The van der Waals surface area contributed by atoms with E-state index in [-0.39, 0.29) is 6.07 Å². The Bertz CT molecular complexity index is 156. The number of ether oxygens (including phenoxy) is 3. The van der Waals surface area contributed by atoms with E-state index in [0.717, 1.165) is 26.1 Å². The van der Waals surface area contributed by atoms with Crippen molar-refractivity contribution in [2.45, 2.75) is 12.8 Å². The van der Waals surface area contributed by atoms with Gasteiger partial charge in [0.1, 0.15) is 0 Å². The Balaban J connectivity index is 2.06. The first kappa shape index (κ1) is 10.6. The van der Waals surface area contributed by atoms with Gasteiger partial charge in [-0.3, -0.25) is 0 Å². The van der Waals surface area contributed by atoms with E-state index in [2.05, 4.69) is 4.74 Å². The van der Waals surface area contributed by atoms with Crippen molar-refractivity contribution in [2.24, 2.45) is 5.92 Å². The number of rotatable bonds is 3. The van der Waals surface area contributed by atoms with Crippen LogP contribution in [-0.2, 0) is 14.2 Å². The molecule has 0 unspecified atom stereocenters. The molecule has 1 saturated heterocycles. The number of halogens is 1. The summed E-state index contributed by atoms with van der Waals surface area (Å²) < 4.78 is 14.4. The predicted molar refractivity (Wildman–Crippen MR) is 46.7 cm³/mol. The molecule has 1 aliphatic heterocycles. The molecule has 0 bridgehead atoms. The summed E-state index contributed by atoms with van der Waals surface area (Å²) in [7, 11) is 0. The first-order valence-electron chi connectivity index (χ1n) is 4.26. The molecule has 5 heteroatoms. The van der Waals surface area contributed by atoms with E-state index in [1.54, 1.807) is 0 Å². The van der Waals surface area contributed by atoms with Gasteiger partial charge in [0.2, 0.25) is 0 Å². The second kappa shape index (κ2) is 6.05. The molecule has 76 valence electrons. The van der Waals surface area contributed by atoms with E-state index >= 15 is 0 Å². The zero-order valence-corrected chi connectivity index (χ0v) is 8.09. The van der Waals surface area contributed by atoms with Gasteiger partial charge in [-0.2, -0.15) is 0 Å². The fraction of sp³-hybridized carbons (Fsp3) is 0.875. The smallest absolute Gasteiger partial charge is 0.434 e. The van der Waals surface area contributed by atoms with E-state index in [1.165, 1.54) is 0 Å². The monoisotopic (exact) mass is 208 g/mol. The van der Waals surface area contributed by atoms with Gasteiger partial charge in [0, 0.05) is 13.2 Å². The number of carbonyl (C=O) groups is 1. The van der Waals surface area contributed by atoms with Crippen molar-refractivity contribution in [3.63, 3.8) is 0 Å². The van der Waals surface area contributed by atoms with E-state index in [0.29, 0.717) is 12.5 Å². The lowest BCUT2D eigenvalue weighted by Gasteiger charge is -2.21. The molecule has 1 heterocycles. The molecular formula is C8H13ClO4. The average molecular weight is 209 g/mol. The van der Waals surface area contributed by atoms with E-state index < -0.39 is 6.16 Å². The van der Waals surface area contributed by atoms with Gasteiger partial charge in [-0.1, -0.05) is 11.6 Å². The van der Waals surface area contributed by atoms with Crippen molar-refractivity contribution < 1.29 is 19.0 Å². The average Bonchev–Trinajstić information content (AvgIpc) is 2.17. The van der Waals surface area contributed by atoms with Crippen LogP contribution in [0.4, 0.5) is 4.79 Å². The Hall–Kier alpha value is -0.480. The van der Waals surface area contributed by atoms with Gasteiger partial charge in [-0.05, 0) is 18.8 Å². The molecule has 0 spiro atoms. The summed E-state index contributed by atoms with van der Waals surface area (Å²) in [6, 6.07) is -0.160. The largest absolute Gasteiger partial charge is 0.509 e. The SMILES string of the molecule is O=C(OCCl)OCC1CCOCC1. The second-order valence-corrected chi connectivity index (χ2v) is 3.09. The van der Waals surface area contributed by atoms with E-state index in [4.69, 9.17) is 21.1 Å². The summed E-state index contributed by atoms with van der Waals surface area (Å²) in [5.74, 6) is 0.400. The van der Waals surface area contributed by atoms with E-state index in [9.17, 15) is 4.79 Å². The molecule has 1 rings (SSSR count). The maximum atomic E-state index is 10.7. The molecule has 0 radical (unpaired) electrons. The molecule has 1 aliphatic rings. The molecule has 1 fully saturated rings. The highest BCUT2D eigenvalue weighted by molar-refractivity contribution is 6.17. The zero-order valence-electron chi connectivity index (χ0n) is 7.33. The fourth-order valence-corrected chi connectivity index (χ4v) is 1.27. The molecule has 0 aromatic heterocycles. The van der Waals surface area contributed by atoms with Crippen LogP contribution in [0, 0.1) is 5.92 Å². The lowest BCUT2D eigenvalue weighted by Crippen LogP contribution is -2.22. The Morgan fingerprint density at radius 2 is 2.08 bits per heavy atom. The molecule has 0 N–H and O–H groups in total. The fourth-order valence-electron chi connectivity index (χ4n) is 1.19. The molecule has 4 nitrogen and oxygen atoms in total. The van der Waals surface area contributed by atoms with Crippen LogP contribution in [0.2, 0.25) is 0 Å². The summed E-state index contributed by atoms with van der Waals surface area (Å²) >= 11 is 5.17. The predicted octanol–water partition coefficient (Wildman–Crippen LogP) is 1.76. The van der Waals surface area contributed by atoms with Gasteiger partial charge in [0.25, 0.3) is 0 Å². The van der Waals surface area contributed by atoms with Crippen molar-refractivity contribution in [3.05, 3.63) is 0 Å². The highest BCUT2D eigenvalue weighted by Crippen LogP contribution is 2.14. The van der Waals surface area contributed by atoms with Crippen LogP contribution in [-0.4, -0.2) is 32.0 Å². The Labute approximate surface area is 82.1 Å². The minimum absolute atomic E-state index is 0.160. The lowest BCUT2D eigenvalue weighted by molar-refractivity contribution is 0.0173. The van der Waals surface area contributed by atoms with Crippen molar-refractivity contribution in [2.75, 3.05) is 25.9 Å². The Morgan fingerprint density at radius 3 is 2.69 bits per heavy atom. The second-order valence-electron chi connectivity index (χ2n) is 2.87. The molecule has 0 aromatic carbocycles. The molecule has 0 atom stereocenters. The number of carbonyl (C=O) groups excluding carboxylic acids is 1. The van der Waals surface area contributed by atoms with Crippen LogP contribution < -0.4 is 0 Å². The molecule has 0 aromatic rings. The summed E-state index contributed by atoms with van der Waals surface area (Å²) in [6.45, 7) is 1.90. The third kappa shape index (κ3) is 4.33. The van der Waals surface area contributed by atoms with Gasteiger partial charge in [0.05, 0.1) is 6.61 Å². The van der Waals surface area contributed by atoms with Gasteiger partial charge < -0.3 is 14.2 Å². The van der Waals surface area contributed by atoms with Crippen molar-refractivity contribution in [3.8, 4) is 0 Å². The molecule has 0 saturated carbocycles. The first-order valence-corrected chi connectivity index (χ1v) is 4.79. The van der Waals surface area contributed by atoms with Crippen molar-refractivity contribution in [1.29, 1.82) is 0 Å². The lowest BCUT2D eigenvalue weighted by atomic mass is 10.0.